The molecule has 56 heavy (non-hydrogen) atoms. The minimum absolute atomic E-state index is 0.315. The lowest BCUT2D eigenvalue weighted by molar-refractivity contribution is 0.635. The van der Waals surface area contributed by atoms with Crippen molar-refractivity contribution in [3.8, 4) is 11.1 Å². The van der Waals surface area contributed by atoms with E-state index in [9.17, 15) is 0 Å². The highest BCUT2D eigenvalue weighted by atomic mass is 16.3. The highest BCUT2D eigenvalue weighted by Gasteiger charge is 2.25. The first kappa shape index (κ1) is 34.1. The molecule has 0 amide bonds. The molecule has 3 atom stereocenters. The third-order valence-electron chi connectivity index (χ3n) is 12.1. The second kappa shape index (κ2) is 14.4. The molecule has 0 saturated heterocycles. The summed E-state index contributed by atoms with van der Waals surface area (Å²) in [6, 6.07) is 49.0. The Hall–Kier alpha value is -6.38. The van der Waals surface area contributed by atoms with Crippen molar-refractivity contribution in [2.45, 2.75) is 44.9 Å². The molecule has 1 aromatic heterocycles. The number of allylic oxidation sites excluding steroid dienone is 9. The van der Waals surface area contributed by atoms with Crippen molar-refractivity contribution in [1.82, 2.24) is 0 Å². The average molecular weight is 724 g/mol. The third kappa shape index (κ3) is 6.16. The molecule has 3 aliphatic carbocycles. The highest BCUT2D eigenvalue weighted by Crippen LogP contribution is 2.46. The van der Waals surface area contributed by atoms with Crippen molar-refractivity contribution in [3.05, 3.63) is 204 Å². The van der Waals surface area contributed by atoms with Crippen LogP contribution in [0.5, 0.6) is 0 Å². The number of benzene rings is 6. The predicted octanol–water partition coefficient (Wildman–Crippen LogP) is 15.3. The molecular weight excluding hydrogens is 679 g/mol. The SMILES string of the molecule is CC1CC(c2cccc3c2oc2c(-c4ccccc4)cccc23)=Cc2cc(N(c3ccccc3)c3cc(C4=CC=CCC4)cc(C4C=CC=CC4C)c3)ccc21. The van der Waals surface area contributed by atoms with Crippen LogP contribution in [0.2, 0.25) is 0 Å². The second-order valence-corrected chi connectivity index (χ2v) is 15.7. The van der Waals surface area contributed by atoms with Crippen LogP contribution in [0.25, 0.3) is 50.3 Å². The minimum Gasteiger partial charge on any atom is -0.455 e. The van der Waals surface area contributed by atoms with Gasteiger partial charge in [0.2, 0.25) is 0 Å². The van der Waals surface area contributed by atoms with Gasteiger partial charge in [0.05, 0.1) is 0 Å². The molecule has 6 aromatic carbocycles. The quantitative estimate of drug-likeness (QED) is 0.163. The van der Waals surface area contributed by atoms with Gasteiger partial charge in [-0.25, -0.2) is 0 Å². The second-order valence-electron chi connectivity index (χ2n) is 15.7. The van der Waals surface area contributed by atoms with Gasteiger partial charge in [-0.3, -0.25) is 0 Å². The first-order valence-corrected chi connectivity index (χ1v) is 20.1. The first-order chi connectivity index (χ1) is 27.6. The van der Waals surface area contributed by atoms with Crippen molar-refractivity contribution < 1.29 is 4.42 Å². The normalized spacial score (nSPS) is 18.9. The molecule has 3 unspecified atom stereocenters. The molecule has 2 heteroatoms. The van der Waals surface area contributed by atoms with Gasteiger partial charge >= 0.3 is 0 Å². The van der Waals surface area contributed by atoms with Crippen LogP contribution in [-0.4, -0.2) is 0 Å². The molecule has 10 rings (SSSR count). The van der Waals surface area contributed by atoms with E-state index in [2.05, 4.69) is 201 Å². The lowest BCUT2D eigenvalue weighted by Crippen LogP contribution is -2.14. The van der Waals surface area contributed by atoms with Crippen LogP contribution >= 0.6 is 0 Å². The molecule has 0 aliphatic heterocycles. The lowest BCUT2D eigenvalue weighted by atomic mass is 9.81. The first-order valence-electron chi connectivity index (χ1n) is 20.1. The molecule has 3 aliphatic rings. The number of para-hydroxylation sites is 3. The summed E-state index contributed by atoms with van der Waals surface area (Å²) in [5.74, 6) is 1.09. The molecule has 0 spiro atoms. The summed E-state index contributed by atoms with van der Waals surface area (Å²) >= 11 is 0. The smallest absolute Gasteiger partial charge is 0.143 e. The van der Waals surface area contributed by atoms with E-state index in [1.165, 1.54) is 50.2 Å². The Bertz CT molecular complexity index is 2760. The van der Waals surface area contributed by atoms with Gasteiger partial charge in [0, 0.05) is 44.9 Å². The monoisotopic (exact) mass is 723 g/mol. The number of fused-ring (bicyclic) bond motifs is 4. The summed E-state index contributed by atoms with van der Waals surface area (Å²) in [5, 5.41) is 2.32. The summed E-state index contributed by atoms with van der Waals surface area (Å²) in [6.07, 6.45) is 21.4. The topological polar surface area (TPSA) is 16.4 Å². The number of hydrogen-bond donors (Lipinski definition) is 0. The maximum absolute atomic E-state index is 6.89. The maximum atomic E-state index is 6.89. The van der Waals surface area contributed by atoms with E-state index >= 15 is 0 Å². The number of furan rings is 1. The predicted molar refractivity (Wildman–Crippen MR) is 238 cm³/mol. The minimum atomic E-state index is 0.315. The zero-order chi connectivity index (χ0) is 37.6. The van der Waals surface area contributed by atoms with Gasteiger partial charge in [-0.05, 0) is 106 Å². The van der Waals surface area contributed by atoms with Crippen LogP contribution < -0.4 is 4.90 Å². The van der Waals surface area contributed by atoms with Gasteiger partial charge in [-0.1, -0.05) is 160 Å². The number of nitrogens with zero attached hydrogens (tertiary/aromatic N) is 1. The molecule has 1 heterocycles. The molecule has 0 radical (unpaired) electrons. The van der Waals surface area contributed by atoms with Crippen molar-refractivity contribution in [2.24, 2.45) is 5.92 Å². The Morgan fingerprint density at radius 1 is 0.589 bits per heavy atom. The fourth-order valence-electron chi connectivity index (χ4n) is 9.21. The molecule has 0 N–H and O–H groups in total. The molecule has 2 nitrogen and oxygen atoms in total. The van der Waals surface area contributed by atoms with Gasteiger partial charge in [0.15, 0.2) is 0 Å². The summed E-state index contributed by atoms with van der Waals surface area (Å²) < 4.78 is 6.89. The Balaban J connectivity index is 1.11. The summed E-state index contributed by atoms with van der Waals surface area (Å²) in [5.41, 5.74) is 16.9. The van der Waals surface area contributed by atoms with Crippen molar-refractivity contribution in [2.75, 3.05) is 4.90 Å². The van der Waals surface area contributed by atoms with E-state index in [-0.39, 0.29) is 0 Å². The van der Waals surface area contributed by atoms with Crippen LogP contribution in [0.15, 0.2) is 180 Å². The van der Waals surface area contributed by atoms with E-state index in [0.717, 1.165) is 58.1 Å². The van der Waals surface area contributed by atoms with Crippen molar-refractivity contribution in [3.63, 3.8) is 0 Å². The average Bonchev–Trinajstić information content (AvgIpc) is 3.64. The third-order valence-corrected chi connectivity index (χ3v) is 12.1. The Labute approximate surface area is 330 Å². The lowest BCUT2D eigenvalue weighted by Gasteiger charge is -2.30. The number of hydrogen-bond acceptors (Lipinski definition) is 2. The molecule has 272 valence electrons. The zero-order valence-corrected chi connectivity index (χ0v) is 32.0. The highest BCUT2D eigenvalue weighted by molar-refractivity contribution is 6.12. The Kier molecular flexibility index (Phi) is 8.75. The molecular formula is C54H45NO. The van der Waals surface area contributed by atoms with Crippen LogP contribution in [0.4, 0.5) is 17.1 Å². The van der Waals surface area contributed by atoms with Gasteiger partial charge in [0.25, 0.3) is 0 Å². The van der Waals surface area contributed by atoms with Crippen molar-refractivity contribution >= 4 is 56.2 Å². The molecule has 0 fully saturated rings. The fourth-order valence-corrected chi connectivity index (χ4v) is 9.21. The van der Waals surface area contributed by atoms with Crippen molar-refractivity contribution in [1.29, 1.82) is 0 Å². The van der Waals surface area contributed by atoms with Crippen LogP contribution in [0.3, 0.4) is 0 Å². The zero-order valence-electron chi connectivity index (χ0n) is 32.0. The maximum Gasteiger partial charge on any atom is 0.143 e. The van der Waals surface area contributed by atoms with Crippen LogP contribution in [-0.2, 0) is 0 Å². The van der Waals surface area contributed by atoms with Gasteiger partial charge in [-0.15, -0.1) is 0 Å². The number of rotatable bonds is 7. The Morgan fingerprint density at radius 2 is 1.34 bits per heavy atom. The van der Waals surface area contributed by atoms with Gasteiger partial charge < -0.3 is 9.32 Å². The molecule has 0 saturated carbocycles. The fraction of sp³-hybridized carbons (Fsp3) is 0.148. The summed E-state index contributed by atoms with van der Waals surface area (Å²) in [7, 11) is 0. The largest absolute Gasteiger partial charge is 0.455 e. The molecule has 0 bridgehead atoms. The van der Waals surface area contributed by atoms with E-state index in [1.807, 2.05) is 0 Å². The van der Waals surface area contributed by atoms with E-state index < -0.39 is 0 Å². The summed E-state index contributed by atoms with van der Waals surface area (Å²) in [6.45, 7) is 4.69. The standard InChI is InChI=1S/C54H45NO/c1-36-16-12-13-23-47(36)42-31-40(38-17-6-3-7-18-38)33-46(35-42)55(44-21-10-5-11-22-44)45-28-29-48-37(2)30-41(32-43(48)34-45)50-25-15-27-52-51-26-14-24-49(53(51)56-54(50)52)39-19-8-4-9-20-39/h3-6,8-17,19-29,31-37,47H,7,18,30H2,1-2H3. The number of anilines is 3. The molecule has 7 aromatic rings. The van der Waals surface area contributed by atoms with E-state index in [4.69, 9.17) is 4.42 Å². The van der Waals surface area contributed by atoms with E-state index in [1.54, 1.807) is 0 Å². The van der Waals surface area contributed by atoms with Gasteiger partial charge in [-0.2, -0.15) is 0 Å². The summed E-state index contributed by atoms with van der Waals surface area (Å²) in [4.78, 5) is 2.46. The van der Waals surface area contributed by atoms with Crippen LogP contribution in [0, 0.1) is 5.92 Å². The van der Waals surface area contributed by atoms with Gasteiger partial charge in [0.1, 0.15) is 11.2 Å². The van der Waals surface area contributed by atoms with Crippen LogP contribution in [0.1, 0.15) is 72.8 Å². The Morgan fingerprint density at radius 3 is 2.11 bits per heavy atom. The van der Waals surface area contributed by atoms with E-state index in [0.29, 0.717) is 17.8 Å².